The molecule has 0 aromatic heterocycles. The van der Waals surface area contributed by atoms with Gasteiger partial charge in [-0.05, 0) is 72.5 Å². The molecule has 0 aliphatic carbocycles. The predicted molar refractivity (Wildman–Crippen MR) is 149 cm³/mol. The van der Waals surface area contributed by atoms with Crippen molar-refractivity contribution in [2.24, 2.45) is 0 Å². The van der Waals surface area contributed by atoms with Crippen LogP contribution in [0.15, 0.2) is 66.2 Å². The molecule has 1 aliphatic heterocycles. The quantitative estimate of drug-likeness (QED) is 0.237. The monoisotopic (exact) mass is 562 g/mol. The molecule has 0 saturated carbocycles. The first kappa shape index (κ1) is 29.1. The van der Waals surface area contributed by atoms with Crippen LogP contribution in [0.4, 0.5) is 9.18 Å². The van der Waals surface area contributed by atoms with Crippen LogP contribution in [0.3, 0.4) is 0 Å². The normalized spacial score (nSPS) is 14.2. The van der Waals surface area contributed by atoms with Crippen LogP contribution < -0.4 is 24.3 Å². The van der Waals surface area contributed by atoms with Gasteiger partial charge in [0.2, 0.25) is 0 Å². The zero-order valence-corrected chi connectivity index (χ0v) is 23.1. The molecule has 1 N–H and O–H groups in total. The van der Waals surface area contributed by atoms with E-state index in [-0.39, 0.29) is 24.5 Å². The number of benzene rings is 3. The van der Waals surface area contributed by atoms with Gasteiger partial charge in [0.25, 0.3) is 11.8 Å². The molecule has 41 heavy (non-hydrogen) atoms. The highest BCUT2D eigenvalue weighted by Gasteiger charge is 2.36. The minimum atomic E-state index is -0.821. The Labute approximate surface area is 237 Å². The van der Waals surface area contributed by atoms with Gasteiger partial charge in [0.1, 0.15) is 18.0 Å². The molecule has 0 atom stereocenters. The first-order chi connectivity index (χ1) is 19.8. The summed E-state index contributed by atoms with van der Waals surface area (Å²) in [5.41, 5.74) is 1.53. The molecule has 1 heterocycles. The molecular formula is C31H31FN2O7. The molecule has 10 heteroatoms. The molecule has 9 nitrogen and oxygen atoms in total. The SMILES string of the molecule is CCCOc1ccc(CN2C(=O)NC(=O)/C(=C\c3ccc(OCc4cccc(F)c4)c(OCC)c3)C2=O)cc1OC. The van der Waals surface area contributed by atoms with Crippen LogP contribution in [0.2, 0.25) is 0 Å². The predicted octanol–water partition coefficient (Wildman–Crippen LogP) is 5.26. The van der Waals surface area contributed by atoms with E-state index in [1.807, 2.05) is 6.92 Å². The van der Waals surface area contributed by atoms with E-state index in [1.165, 1.54) is 25.3 Å². The van der Waals surface area contributed by atoms with E-state index >= 15 is 0 Å². The Morgan fingerprint density at radius 1 is 0.854 bits per heavy atom. The van der Waals surface area contributed by atoms with Gasteiger partial charge in [-0.1, -0.05) is 31.2 Å². The third-order valence-corrected chi connectivity index (χ3v) is 6.08. The topological polar surface area (TPSA) is 103 Å². The second-order valence-corrected chi connectivity index (χ2v) is 9.10. The summed E-state index contributed by atoms with van der Waals surface area (Å²) in [5, 5.41) is 2.23. The summed E-state index contributed by atoms with van der Waals surface area (Å²) in [5.74, 6) is -0.0946. The lowest BCUT2D eigenvalue weighted by atomic mass is 10.1. The van der Waals surface area contributed by atoms with Crippen molar-refractivity contribution in [3.05, 3.63) is 88.7 Å². The van der Waals surface area contributed by atoms with Crippen molar-refractivity contribution in [3.63, 3.8) is 0 Å². The van der Waals surface area contributed by atoms with Crippen LogP contribution in [0.5, 0.6) is 23.0 Å². The maximum Gasteiger partial charge on any atom is 0.331 e. The van der Waals surface area contributed by atoms with Crippen LogP contribution in [-0.2, 0) is 22.7 Å². The lowest BCUT2D eigenvalue weighted by Gasteiger charge is -2.26. The van der Waals surface area contributed by atoms with Crippen LogP contribution >= 0.6 is 0 Å². The number of hydrogen-bond donors (Lipinski definition) is 1. The third-order valence-electron chi connectivity index (χ3n) is 6.08. The number of carbonyl (C=O) groups excluding carboxylic acids is 3. The summed E-state index contributed by atoms with van der Waals surface area (Å²) in [6, 6.07) is 15.3. The van der Waals surface area contributed by atoms with Crippen molar-refractivity contribution in [1.29, 1.82) is 0 Å². The van der Waals surface area contributed by atoms with E-state index in [1.54, 1.807) is 55.5 Å². The molecular weight excluding hydrogens is 531 g/mol. The molecule has 0 spiro atoms. The molecule has 3 aromatic carbocycles. The average Bonchev–Trinajstić information content (AvgIpc) is 2.96. The van der Waals surface area contributed by atoms with E-state index in [9.17, 15) is 18.8 Å². The maximum atomic E-state index is 13.5. The Balaban J connectivity index is 1.55. The Hall–Kier alpha value is -4.86. The van der Waals surface area contributed by atoms with Crippen LogP contribution in [0.1, 0.15) is 37.0 Å². The van der Waals surface area contributed by atoms with Gasteiger partial charge in [-0.3, -0.25) is 19.8 Å². The summed E-state index contributed by atoms with van der Waals surface area (Å²) in [4.78, 5) is 39.5. The number of nitrogens with zero attached hydrogens (tertiary/aromatic N) is 1. The van der Waals surface area contributed by atoms with Gasteiger partial charge >= 0.3 is 6.03 Å². The van der Waals surface area contributed by atoms with E-state index in [0.717, 1.165) is 11.3 Å². The van der Waals surface area contributed by atoms with E-state index in [4.69, 9.17) is 18.9 Å². The zero-order valence-electron chi connectivity index (χ0n) is 23.1. The second-order valence-electron chi connectivity index (χ2n) is 9.10. The lowest BCUT2D eigenvalue weighted by molar-refractivity contribution is -0.130. The van der Waals surface area contributed by atoms with Gasteiger partial charge in [0, 0.05) is 0 Å². The third kappa shape index (κ3) is 7.21. The van der Waals surface area contributed by atoms with Crippen LogP contribution in [0.25, 0.3) is 6.08 Å². The highest BCUT2D eigenvalue weighted by molar-refractivity contribution is 6.30. The van der Waals surface area contributed by atoms with Gasteiger partial charge < -0.3 is 18.9 Å². The van der Waals surface area contributed by atoms with Gasteiger partial charge in [0.05, 0.1) is 26.9 Å². The number of urea groups is 1. The Bertz CT molecular complexity index is 1470. The van der Waals surface area contributed by atoms with Gasteiger partial charge in [-0.2, -0.15) is 0 Å². The lowest BCUT2D eigenvalue weighted by Crippen LogP contribution is -2.53. The molecule has 1 saturated heterocycles. The highest BCUT2D eigenvalue weighted by atomic mass is 19.1. The fourth-order valence-corrected chi connectivity index (χ4v) is 4.12. The first-order valence-corrected chi connectivity index (χ1v) is 13.2. The maximum absolute atomic E-state index is 13.5. The Morgan fingerprint density at radius 2 is 1.63 bits per heavy atom. The number of amides is 4. The number of rotatable bonds is 12. The van der Waals surface area contributed by atoms with Crippen LogP contribution in [0, 0.1) is 5.82 Å². The Morgan fingerprint density at radius 3 is 2.37 bits per heavy atom. The summed E-state index contributed by atoms with van der Waals surface area (Å²) in [7, 11) is 1.50. The van der Waals surface area contributed by atoms with E-state index in [2.05, 4.69) is 5.32 Å². The highest BCUT2D eigenvalue weighted by Crippen LogP contribution is 2.32. The van der Waals surface area contributed by atoms with Crippen molar-refractivity contribution < 1.29 is 37.7 Å². The zero-order chi connectivity index (χ0) is 29.4. The van der Waals surface area contributed by atoms with Gasteiger partial charge in [-0.15, -0.1) is 0 Å². The van der Waals surface area contributed by atoms with E-state index < -0.39 is 17.8 Å². The molecule has 3 aromatic rings. The van der Waals surface area contributed by atoms with Crippen LogP contribution in [-0.4, -0.2) is 43.1 Å². The van der Waals surface area contributed by atoms with E-state index in [0.29, 0.717) is 52.9 Å². The number of carbonyl (C=O) groups is 3. The Kier molecular flexibility index (Phi) is 9.57. The average molecular weight is 563 g/mol. The minimum absolute atomic E-state index is 0.0865. The number of ether oxygens (including phenoxy) is 4. The number of methoxy groups -OCH3 is 1. The summed E-state index contributed by atoms with van der Waals surface area (Å²) >= 11 is 0. The molecule has 0 bridgehead atoms. The second kappa shape index (κ2) is 13.5. The number of hydrogen-bond acceptors (Lipinski definition) is 7. The molecule has 1 aliphatic rings. The van der Waals surface area contributed by atoms with Crippen molar-refractivity contribution in [2.75, 3.05) is 20.3 Å². The molecule has 0 unspecified atom stereocenters. The number of nitrogens with one attached hydrogen (secondary N) is 1. The fraction of sp³-hybridized carbons (Fsp3) is 0.258. The first-order valence-electron chi connectivity index (χ1n) is 13.2. The van der Waals surface area contributed by atoms with Gasteiger partial charge in [-0.25, -0.2) is 9.18 Å². The summed E-state index contributed by atoms with van der Waals surface area (Å²) in [6.45, 7) is 4.68. The molecule has 4 rings (SSSR count). The van der Waals surface area contributed by atoms with Crippen molar-refractivity contribution in [3.8, 4) is 23.0 Å². The fourth-order valence-electron chi connectivity index (χ4n) is 4.12. The van der Waals surface area contributed by atoms with Crippen molar-refractivity contribution in [1.82, 2.24) is 10.2 Å². The summed E-state index contributed by atoms with van der Waals surface area (Å²) < 4.78 is 36.1. The van der Waals surface area contributed by atoms with Crippen molar-refractivity contribution >= 4 is 23.9 Å². The molecule has 214 valence electrons. The van der Waals surface area contributed by atoms with Crippen molar-refractivity contribution in [2.45, 2.75) is 33.4 Å². The minimum Gasteiger partial charge on any atom is -0.493 e. The number of imide groups is 2. The largest absolute Gasteiger partial charge is 0.493 e. The summed E-state index contributed by atoms with van der Waals surface area (Å²) in [6.07, 6.45) is 2.21. The van der Waals surface area contributed by atoms with Gasteiger partial charge in [0.15, 0.2) is 23.0 Å². The molecule has 4 amide bonds. The number of halogens is 1. The standard InChI is InChI=1S/C31H31FN2O7/c1-4-13-40-25-12-10-21(17-27(25)38-3)18-34-30(36)24(29(35)33-31(34)37)15-20-9-11-26(28(16-20)39-5-2)41-19-22-7-6-8-23(32)14-22/h6-12,14-17H,4-5,13,18-19H2,1-3H3,(H,33,35,37)/b24-15+. The molecule has 0 radical (unpaired) electrons. The molecule has 1 fully saturated rings. The smallest absolute Gasteiger partial charge is 0.331 e. The number of barbiturate groups is 1.